The van der Waals surface area contributed by atoms with Crippen LogP contribution in [0.25, 0.3) is 11.0 Å². The molecule has 0 aliphatic heterocycles. The van der Waals surface area contributed by atoms with Crippen molar-refractivity contribution in [3.63, 3.8) is 0 Å². The Morgan fingerprint density at radius 1 is 1.37 bits per heavy atom. The number of rotatable bonds is 6. The number of aromatic amines is 1. The van der Waals surface area contributed by atoms with Gasteiger partial charge in [-0.2, -0.15) is 0 Å². The third-order valence-electron chi connectivity index (χ3n) is 3.83. The van der Waals surface area contributed by atoms with Crippen LogP contribution in [0.15, 0.2) is 44.8 Å². The van der Waals surface area contributed by atoms with Gasteiger partial charge in [-0.25, -0.2) is 4.98 Å². The molecule has 0 saturated carbocycles. The average molecular weight is 449 g/mol. The third-order valence-corrected chi connectivity index (χ3v) is 5.30. The average Bonchev–Trinajstić information content (AvgIpc) is 2.96. The van der Waals surface area contributed by atoms with E-state index in [9.17, 15) is 9.59 Å². The van der Waals surface area contributed by atoms with Crippen molar-refractivity contribution in [1.29, 1.82) is 0 Å². The minimum atomic E-state index is -0.145. The molecule has 2 N–H and O–H groups in total. The summed E-state index contributed by atoms with van der Waals surface area (Å²) in [5, 5.41) is 3.42. The van der Waals surface area contributed by atoms with Crippen LogP contribution in [0.3, 0.4) is 0 Å². The molecule has 2 heterocycles. The molecule has 2 aromatic heterocycles. The minimum absolute atomic E-state index is 0.100. The lowest BCUT2D eigenvalue weighted by molar-refractivity contribution is -0.113. The van der Waals surface area contributed by atoms with Crippen molar-refractivity contribution in [3.8, 4) is 0 Å². The molecule has 1 amide bonds. The van der Waals surface area contributed by atoms with Gasteiger partial charge in [-0.1, -0.05) is 47.6 Å². The van der Waals surface area contributed by atoms with Gasteiger partial charge in [-0.3, -0.25) is 14.2 Å². The van der Waals surface area contributed by atoms with Gasteiger partial charge < -0.3 is 10.3 Å². The molecule has 0 spiro atoms. The van der Waals surface area contributed by atoms with Gasteiger partial charge in [0.2, 0.25) is 5.91 Å². The molecular formula is C19H21BrN4O2S. The van der Waals surface area contributed by atoms with E-state index in [1.165, 1.54) is 11.8 Å². The molecule has 0 aliphatic rings. The van der Waals surface area contributed by atoms with Crippen LogP contribution >= 0.6 is 27.7 Å². The lowest BCUT2D eigenvalue weighted by Gasteiger charge is -2.14. The summed E-state index contributed by atoms with van der Waals surface area (Å²) in [4.78, 5) is 32.9. The van der Waals surface area contributed by atoms with Gasteiger partial charge in [0.1, 0.15) is 5.52 Å². The molecule has 1 aromatic carbocycles. The quantitative estimate of drug-likeness (QED) is 0.437. The lowest BCUT2D eigenvalue weighted by Crippen LogP contribution is -2.26. The van der Waals surface area contributed by atoms with Crippen molar-refractivity contribution in [1.82, 2.24) is 14.5 Å². The number of benzene rings is 1. The van der Waals surface area contributed by atoms with Crippen LogP contribution in [-0.2, 0) is 11.3 Å². The fraction of sp³-hybridized carbons (Fsp3) is 0.316. The van der Waals surface area contributed by atoms with Crippen LogP contribution in [0, 0.1) is 12.8 Å². The lowest BCUT2D eigenvalue weighted by atomic mass is 10.2. The third kappa shape index (κ3) is 4.81. The summed E-state index contributed by atoms with van der Waals surface area (Å²) in [6.07, 6.45) is 0. The first kappa shape index (κ1) is 19.7. The first-order valence-corrected chi connectivity index (χ1v) is 10.4. The molecule has 0 radical (unpaired) electrons. The molecule has 0 aliphatic carbocycles. The Balaban J connectivity index is 1.82. The predicted octanol–water partition coefficient (Wildman–Crippen LogP) is 4.18. The molecule has 8 heteroatoms. The van der Waals surface area contributed by atoms with Gasteiger partial charge in [0, 0.05) is 22.4 Å². The maximum atomic E-state index is 12.8. The monoisotopic (exact) mass is 448 g/mol. The highest BCUT2D eigenvalue weighted by Crippen LogP contribution is 2.20. The number of hydrogen-bond donors (Lipinski definition) is 2. The Labute approximate surface area is 169 Å². The number of fused-ring (bicyclic) bond motifs is 1. The number of carbonyl (C=O) groups excluding carboxylic acids is 1. The summed E-state index contributed by atoms with van der Waals surface area (Å²) >= 11 is 4.66. The van der Waals surface area contributed by atoms with Crippen LogP contribution in [0.2, 0.25) is 0 Å². The zero-order valence-corrected chi connectivity index (χ0v) is 17.8. The van der Waals surface area contributed by atoms with E-state index in [1.54, 1.807) is 4.57 Å². The summed E-state index contributed by atoms with van der Waals surface area (Å²) < 4.78 is 2.55. The molecule has 0 saturated heterocycles. The number of amides is 1. The van der Waals surface area contributed by atoms with Crippen LogP contribution in [0.5, 0.6) is 0 Å². The van der Waals surface area contributed by atoms with E-state index < -0.39 is 0 Å². The smallest absolute Gasteiger partial charge is 0.278 e. The van der Waals surface area contributed by atoms with Crippen LogP contribution in [0.4, 0.5) is 5.69 Å². The molecule has 0 unspecified atom stereocenters. The van der Waals surface area contributed by atoms with E-state index in [-0.39, 0.29) is 23.1 Å². The number of aromatic nitrogens is 3. The van der Waals surface area contributed by atoms with Crippen LogP contribution in [-0.4, -0.2) is 26.2 Å². The van der Waals surface area contributed by atoms with Gasteiger partial charge in [0.15, 0.2) is 5.16 Å². The summed E-state index contributed by atoms with van der Waals surface area (Å²) in [6.45, 7) is 6.54. The number of thioether (sulfide) groups is 1. The molecule has 0 atom stereocenters. The van der Waals surface area contributed by atoms with Gasteiger partial charge in [0.05, 0.1) is 11.3 Å². The van der Waals surface area contributed by atoms with E-state index >= 15 is 0 Å². The fourth-order valence-electron chi connectivity index (χ4n) is 2.74. The van der Waals surface area contributed by atoms with Crippen molar-refractivity contribution in [2.45, 2.75) is 32.5 Å². The Morgan fingerprint density at radius 3 is 2.85 bits per heavy atom. The zero-order valence-electron chi connectivity index (χ0n) is 15.4. The maximum Gasteiger partial charge on any atom is 0.278 e. The number of H-pyrrole nitrogens is 1. The Bertz CT molecular complexity index is 1040. The second kappa shape index (κ2) is 8.31. The SMILES string of the molecule is Cc1cc2nc(SCC(=O)Nc3cccc(Br)c3)n(CC(C)C)c(=O)c2[nH]1. The van der Waals surface area contributed by atoms with Gasteiger partial charge in [0.25, 0.3) is 5.56 Å². The van der Waals surface area contributed by atoms with Crippen molar-refractivity contribution < 1.29 is 4.79 Å². The number of nitrogens with zero attached hydrogens (tertiary/aromatic N) is 2. The highest BCUT2D eigenvalue weighted by atomic mass is 79.9. The van der Waals surface area contributed by atoms with E-state index in [0.717, 1.165) is 15.9 Å². The first-order chi connectivity index (χ1) is 12.8. The van der Waals surface area contributed by atoms with E-state index in [2.05, 4.69) is 31.2 Å². The summed E-state index contributed by atoms with van der Waals surface area (Å²) in [7, 11) is 0. The fourth-order valence-corrected chi connectivity index (χ4v) is 3.95. The van der Waals surface area contributed by atoms with E-state index in [4.69, 9.17) is 0 Å². The predicted molar refractivity (Wildman–Crippen MR) is 113 cm³/mol. The molecule has 0 bridgehead atoms. The molecule has 0 fully saturated rings. The molecule has 6 nitrogen and oxygen atoms in total. The van der Waals surface area contributed by atoms with Gasteiger partial charge in [-0.15, -0.1) is 0 Å². The molecule has 27 heavy (non-hydrogen) atoms. The van der Waals surface area contributed by atoms with Crippen LogP contribution < -0.4 is 10.9 Å². The largest absolute Gasteiger partial charge is 0.353 e. The Kier molecular flexibility index (Phi) is 6.06. The zero-order chi connectivity index (χ0) is 19.6. The number of hydrogen-bond acceptors (Lipinski definition) is 4. The molecule has 3 aromatic rings. The van der Waals surface area contributed by atoms with E-state index in [1.807, 2.05) is 51.1 Å². The minimum Gasteiger partial charge on any atom is -0.353 e. The van der Waals surface area contributed by atoms with Gasteiger partial charge >= 0.3 is 0 Å². The maximum absolute atomic E-state index is 12.8. The number of anilines is 1. The highest BCUT2D eigenvalue weighted by molar-refractivity contribution is 9.10. The number of nitrogens with one attached hydrogen (secondary N) is 2. The summed E-state index contributed by atoms with van der Waals surface area (Å²) in [5.74, 6) is 0.313. The molecular weight excluding hydrogens is 428 g/mol. The van der Waals surface area contributed by atoms with Gasteiger partial charge in [-0.05, 0) is 37.1 Å². The van der Waals surface area contributed by atoms with E-state index in [0.29, 0.717) is 22.7 Å². The number of carbonyl (C=O) groups is 1. The first-order valence-electron chi connectivity index (χ1n) is 8.62. The number of halogens is 1. The van der Waals surface area contributed by atoms with Crippen molar-refractivity contribution in [2.75, 3.05) is 11.1 Å². The number of aryl methyl sites for hydroxylation is 1. The molecule has 3 rings (SSSR count). The Hall–Kier alpha value is -2.06. The summed E-state index contributed by atoms with van der Waals surface area (Å²) in [5.41, 5.74) is 2.65. The second-order valence-corrected chi connectivity index (χ2v) is 8.62. The normalized spacial score (nSPS) is 11.3. The van der Waals surface area contributed by atoms with Crippen molar-refractivity contribution in [3.05, 3.63) is 50.9 Å². The highest BCUT2D eigenvalue weighted by Gasteiger charge is 2.15. The Morgan fingerprint density at radius 2 is 2.15 bits per heavy atom. The topological polar surface area (TPSA) is 79.8 Å². The summed E-state index contributed by atoms with van der Waals surface area (Å²) in [6, 6.07) is 9.27. The van der Waals surface area contributed by atoms with Crippen molar-refractivity contribution in [2.24, 2.45) is 5.92 Å². The second-order valence-electron chi connectivity index (χ2n) is 6.76. The standard InChI is InChI=1S/C19H21BrN4O2S/c1-11(2)9-24-18(26)17-15(7-12(3)21-17)23-19(24)27-10-16(25)22-14-6-4-5-13(20)8-14/h4-8,11,21H,9-10H2,1-3H3,(H,22,25). The molecule has 142 valence electrons. The van der Waals surface area contributed by atoms with Crippen LogP contribution in [0.1, 0.15) is 19.5 Å². The van der Waals surface area contributed by atoms with Crippen molar-refractivity contribution >= 4 is 50.3 Å².